The molecule has 0 amide bonds. The van der Waals surface area contributed by atoms with Crippen molar-refractivity contribution in [3.63, 3.8) is 0 Å². The molecule has 82 valence electrons. The highest BCUT2D eigenvalue weighted by Gasteiger charge is 2.03. The lowest BCUT2D eigenvalue weighted by Crippen LogP contribution is -2.10. The molecule has 2 unspecified atom stereocenters. The Balaban J connectivity index is 2.16. The predicted octanol–water partition coefficient (Wildman–Crippen LogP) is 1.94. The summed E-state index contributed by atoms with van der Waals surface area (Å²) in [6.45, 7) is 2.03. The first-order chi connectivity index (χ1) is 7.33. The molecule has 3 nitrogen and oxygen atoms in total. The molecule has 0 aromatic heterocycles. The highest BCUT2D eigenvalue weighted by atomic mass is 16.7. The van der Waals surface area contributed by atoms with Crippen molar-refractivity contribution >= 4 is 0 Å². The number of ether oxygens (including phenoxy) is 2. The third kappa shape index (κ3) is 5.14. The molecule has 1 rings (SSSR count). The number of hydrogen-bond acceptors (Lipinski definition) is 3. The van der Waals surface area contributed by atoms with Crippen LogP contribution in [0.5, 0.6) is 0 Å². The Morgan fingerprint density at radius 3 is 3.07 bits per heavy atom. The number of allylic oxidation sites excluding steroid dienone is 2. The number of hydrogen-bond donors (Lipinski definition) is 1. The highest BCUT2D eigenvalue weighted by molar-refractivity contribution is 5.06. The Bertz CT molecular complexity index is 283. The van der Waals surface area contributed by atoms with Gasteiger partial charge >= 0.3 is 0 Å². The minimum Gasteiger partial charge on any atom is -0.458 e. The molecule has 0 fully saturated rings. The topological polar surface area (TPSA) is 38.7 Å². The van der Waals surface area contributed by atoms with Crippen molar-refractivity contribution in [2.75, 3.05) is 0 Å². The van der Waals surface area contributed by atoms with Gasteiger partial charge in [-0.3, -0.25) is 0 Å². The Hall–Kier alpha value is -1.40. The minimum atomic E-state index is -0.425. The monoisotopic (exact) mass is 208 g/mol. The summed E-state index contributed by atoms with van der Waals surface area (Å²) >= 11 is 0. The maximum absolute atomic E-state index is 9.37. The van der Waals surface area contributed by atoms with Crippen LogP contribution in [-0.2, 0) is 9.47 Å². The fourth-order valence-corrected chi connectivity index (χ4v) is 1.13. The second-order valence-corrected chi connectivity index (χ2v) is 3.26. The van der Waals surface area contributed by atoms with E-state index in [0.29, 0.717) is 6.42 Å². The molecule has 3 heteroatoms. The molecule has 0 aliphatic carbocycles. The minimum absolute atomic E-state index is 0.353. The predicted molar refractivity (Wildman–Crippen MR) is 57.5 cm³/mol. The maximum Gasteiger partial charge on any atom is 0.270 e. The molecular formula is C12H16O3. The summed E-state index contributed by atoms with van der Waals surface area (Å²) in [6, 6.07) is 0. The summed E-state index contributed by atoms with van der Waals surface area (Å²) < 4.78 is 10.2. The van der Waals surface area contributed by atoms with E-state index < -0.39 is 6.29 Å². The summed E-state index contributed by atoms with van der Waals surface area (Å²) in [5.41, 5.74) is 0. The van der Waals surface area contributed by atoms with Gasteiger partial charge in [-0.05, 0) is 18.6 Å². The van der Waals surface area contributed by atoms with Gasteiger partial charge in [0.2, 0.25) is 0 Å². The van der Waals surface area contributed by atoms with E-state index in [2.05, 4.69) is 12.0 Å². The molecule has 1 N–H and O–H groups in total. The van der Waals surface area contributed by atoms with Crippen LogP contribution in [0.2, 0.25) is 0 Å². The molecule has 0 aromatic rings. The SMILES string of the molecule is CCCC(O)CC#COC1C=CC=CO1. The first-order valence-electron chi connectivity index (χ1n) is 5.13. The summed E-state index contributed by atoms with van der Waals surface area (Å²) in [5.74, 6) is 2.76. The van der Waals surface area contributed by atoms with E-state index in [-0.39, 0.29) is 6.10 Å². The fraction of sp³-hybridized carbons (Fsp3) is 0.500. The van der Waals surface area contributed by atoms with E-state index in [1.807, 2.05) is 13.0 Å². The molecule has 1 aliphatic heterocycles. The normalized spacial score (nSPS) is 20.0. The van der Waals surface area contributed by atoms with Crippen LogP contribution in [0, 0.1) is 12.0 Å². The molecule has 15 heavy (non-hydrogen) atoms. The highest BCUT2D eigenvalue weighted by Crippen LogP contribution is 2.03. The summed E-state index contributed by atoms with van der Waals surface area (Å²) in [7, 11) is 0. The van der Waals surface area contributed by atoms with E-state index in [0.717, 1.165) is 12.8 Å². The third-order valence-corrected chi connectivity index (χ3v) is 1.88. The summed E-state index contributed by atoms with van der Waals surface area (Å²) in [5, 5.41) is 9.37. The zero-order valence-corrected chi connectivity index (χ0v) is 8.85. The molecule has 0 radical (unpaired) electrons. The molecule has 1 heterocycles. The van der Waals surface area contributed by atoms with Crippen LogP contribution in [0.15, 0.2) is 24.5 Å². The van der Waals surface area contributed by atoms with Gasteiger partial charge in [-0.25, -0.2) is 0 Å². The number of aliphatic hydroxyl groups excluding tert-OH is 1. The van der Waals surface area contributed by atoms with Crippen molar-refractivity contribution < 1.29 is 14.6 Å². The van der Waals surface area contributed by atoms with E-state index in [1.54, 1.807) is 18.4 Å². The number of aliphatic hydroxyl groups is 1. The zero-order chi connectivity index (χ0) is 10.9. The van der Waals surface area contributed by atoms with Crippen LogP contribution in [0.3, 0.4) is 0 Å². The standard InChI is InChI=1S/C12H16O3/c1-2-6-11(13)7-5-10-15-12-8-3-4-9-14-12/h3-4,8-9,11-13H,2,6-7H2,1H3. The smallest absolute Gasteiger partial charge is 0.270 e. The Morgan fingerprint density at radius 2 is 2.40 bits per heavy atom. The van der Waals surface area contributed by atoms with Gasteiger partial charge in [0.25, 0.3) is 6.29 Å². The van der Waals surface area contributed by atoms with Gasteiger partial charge in [-0.2, -0.15) is 0 Å². The molecule has 0 saturated heterocycles. The van der Waals surface area contributed by atoms with Crippen molar-refractivity contribution in [3.05, 3.63) is 24.5 Å². The van der Waals surface area contributed by atoms with Crippen LogP contribution in [0.25, 0.3) is 0 Å². The first kappa shape index (κ1) is 11.7. The van der Waals surface area contributed by atoms with Crippen molar-refractivity contribution in [3.8, 4) is 12.0 Å². The lowest BCUT2D eigenvalue weighted by molar-refractivity contribution is -0.0139. The molecule has 0 bridgehead atoms. The van der Waals surface area contributed by atoms with Gasteiger partial charge in [-0.1, -0.05) is 25.3 Å². The summed E-state index contributed by atoms with van der Waals surface area (Å²) in [6.07, 6.45) is 10.9. The van der Waals surface area contributed by atoms with Crippen molar-refractivity contribution in [1.29, 1.82) is 0 Å². The van der Waals surface area contributed by atoms with Gasteiger partial charge < -0.3 is 14.6 Å². The summed E-state index contributed by atoms with van der Waals surface area (Å²) in [4.78, 5) is 0. The van der Waals surface area contributed by atoms with E-state index >= 15 is 0 Å². The van der Waals surface area contributed by atoms with Gasteiger partial charge in [0.15, 0.2) is 0 Å². The van der Waals surface area contributed by atoms with Crippen LogP contribution >= 0.6 is 0 Å². The van der Waals surface area contributed by atoms with Crippen molar-refractivity contribution in [2.24, 2.45) is 0 Å². The lowest BCUT2D eigenvalue weighted by atomic mass is 10.1. The zero-order valence-electron chi connectivity index (χ0n) is 8.85. The van der Waals surface area contributed by atoms with Crippen LogP contribution < -0.4 is 0 Å². The largest absolute Gasteiger partial charge is 0.458 e. The average molecular weight is 208 g/mol. The van der Waals surface area contributed by atoms with Gasteiger partial charge in [-0.15, -0.1) is 0 Å². The second-order valence-electron chi connectivity index (χ2n) is 3.26. The van der Waals surface area contributed by atoms with E-state index in [4.69, 9.17) is 9.47 Å². The van der Waals surface area contributed by atoms with Gasteiger partial charge in [0.05, 0.1) is 12.4 Å². The van der Waals surface area contributed by atoms with Crippen LogP contribution in [0.4, 0.5) is 0 Å². The third-order valence-electron chi connectivity index (χ3n) is 1.88. The Morgan fingerprint density at radius 1 is 1.53 bits per heavy atom. The quantitative estimate of drug-likeness (QED) is 0.717. The average Bonchev–Trinajstić information content (AvgIpc) is 2.26. The maximum atomic E-state index is 9.37. The molecule has 2 atom stereocenters. The number of rotatable bonds is 4. The molecule has 0 spiro atoms. The molecule has 0 aromatic carbocycles. The molecule has 0 saturated carbocycles. The van der Waals surface area contributed by atoms with E-state index in [1.165, 1.54) is 0 Å². The van der Waals surface area contributed by atoms with Crippen LogP contribution in [0.1, 0.15) is 26.2 Å². The van der Waals surface area contributed by atoms with Crippen molar-refractivity contribution in [2.45, 2.75) is 38.6 Å². The Kier molecular flexibility index (Phi) is 5.42. The molecular weight excluding hydrogens is 192 g/mol. The van der Waals surface area contributed by atoms with Crippen LogP contribution in [-0.4, -0.2) is 17.5 Å². The van der Waals surface area contributed by atoms with E-state index in [9.17, 15) is 5.11 Å². The lowest BCUT2D eigenvalue weighted by Gasteiger charge is -2.11. The second kappa shape index (κ2) is 6.97. The van der Waals surface area contributed by atoms with Gasteiger partial charge in [0, 0.05) is 6.42 Å². The van der Waals surface area contributed by atoms with Gasteiger partial charge in [0.1, 0.15) is 6.11 Å². The molecule has 1 aliphatic rings. The van der Waals surface area contributed by atoms with Crippen molar-refractivity contribution in [1.82, 2.24) is 0 Å². The first-order valence-corrected chi connectivity index (χ1v) is 5.13. The Labute approximate surface area is 90.4 Å². The fourth-order valence-electron chi connectivity index (χ4n) is 1.13.